The molecule has 1 rings (SSSR count). The number of nitrogens with zero attached hydrogens (tertiary/aromatic N) is 1. The molecule has 3 heteroatoms. The minimum absolute atomic E-state index is 1.16. The number of nitrogens with one attached hydrogen (secondary N) is 2. The fourth-order valence-electron chi connectivity index (χ4n) is 0.946. The van der Waals surface area contributed by atoms with Crippen LogP contribution in [-0.2, 0) is 0 Å². The van der Waals surface area contributed by atoms with Crippen molar-refractivity contribution in [3.8, 4) is 0 Å². The van der Waals surface area contributed by atoms with Crippen LogP contribution in [0.5, 0.6) is 0 Å². The number of allylic oxidation sites excluding steroid dienone is 1. The summed E-state index contributed by atoms with van der Waals surface area (Å²) in [6.45, 7) is 4.06. The standard InChI is InChI=1S/C6H12N3/c1-5-4-6(2)8-9(3)7-5/h4,7-8H,1-3H3. The normalized spacial score (nSPS) is 23.2. The Morgan fingerprint density at radius 1 is 1.33 bits per heavy atom. The van der Waals surface area contributed by atoms with Crippen LogP contribution in [0.3, 0.4) is 0 Å². The van der Waals surface area contributed by atoms with Gasteiger partial charge < -0.3 is 5.43 Å². The van der Waals surface area contributed by atoms with Crippen LogP contribution in [0.15, 0.2) is 11.8 Å². The molecule has 1 aliphatic heterocycles. The van der Waals surface area contributed by atoms with Gasteiger partial charge in [0.25, 0.3) is 0 Å². The highest BCUT2D eigenvalue weighted by Crippen LogP contribution is 2.03. The number of hydrogen-bond donors (Lipinski definition) is 2. The van der Waals surface area contributed by atoms with E-state index >= 15 is 0 Å². The second-order valence-electron chi connectivity index (χ2n) is 2.29. The Balaban J connectivity index is 2.56. The molecule has 3 nitrogen and oxygen atoms in total. The zero-order chi connectivity index (χ0) is 6.85. The highest BCUT2D eigenvalue weighted by molar-refractivity contribution is 5.12. The van der Waals surface area contributed by atoms with Gasteiger partial charge in [-0.2, -0.15) is 5.12 Å². The van der Waals surface area contributed by atoms with Crippen LogP contribution in [0.1, 0.15) is 13.8 Å². The summed E-state index contributed by atoms with van der Waals surface area (Å²) in [4.78, 5) is 0. The number of hydrazine groups is 2. The van der Waals surface area contributed by atoms with E-state index in [1.165, 1.54) is 0 Å². The van der Waals surface area contributed by atoms with Gasteiger partial charge in [-0.25, -0.2) is 5.43 Å². The molecule has 0 amide bonds. The van der Waals surface area contributed by atoms with Gasteiger partial charge in [-0.15, -0.1) is 0 Å². The van der Waals surface area contributed by atoms with Crippen molar-refractivity contribution in [1.82, 2.24) is 16.0 Å². The van der Waals surface area contributed by atoms with Crippen LogP contribution in [0, 0.1) is 6.04 Å². The van der Waals surface area contributed by atoms with Gasteiger partial charge in [0, 0.05) is 12.7 Å². The van der Waals surface area contributed by atoms with Gasteiger partial charge in [-0.05, 0) is 19.9 Å². The molecule has 0 unspecified atom stereocenters. The van der Waals surface area contributed by atoms with Gasteiger partial charge in [0.15, 0.2) is 0 Å². The highest BCUT2D eigenvalue weighted by Gasteiger charge is 2.08. The predicted octanol–water partition coefficient (Wildman–Crippen LogP) is 0.397. The van der Waals surface area contributed by atoms with Crippen molar-refractivity contribution < 1.29 is 0 Å². The van der Waals surface area contributed by atoms with Gasteiger partial charge in [0.1, 0.15) is 0 Å². The molecule has 0 aromatic heterocycles. The maximum atomic E-state index is 3.07. The maximum Gasteiger partial charge on any atom is 0.0742 e. The third-order valence-corrected chi connectivity index (χ3v) is 1.12. The molecule has 1 radical (unpaired) electrons. The van der Waals surface area contributed by atoms with Crippen molar-refractivity contribution in [2.75, 3.05) is 7.05 Å². The van der Waals surface area contributed by atoms with Crippen LogP contribution < -0.4 is 10.9 Å². The van der Waals surface area contributed by atoms with Crippen LogP contribution in [0.25, 0.3) is 0 Å². The third-order valence-electron chi connectivity index (χ3n) is 1.12. The maximum absolute atomic E-state index is 3.07. The summed E-state index contributed by atoms with van der Waals surface area (Å²) in [5.74, 6) is 0. The average Bonchev–Trinajstić information content (AvgIpc) is 1.59. The molecule has 0 aromatic carbocycles. The average molecular weight is 126 g/mol. The summed E-state index contributed by atoms with van der Waals surface area (Å²) in [5.41, 5.74) is 7.31. The first kappa shape index (κ1) is 6.58. The fraction of sp³-hybridized carbons (Fsp3) is 0.500. The van der Waals surface area contributed by atoms with Gasteiger partial charge >= 0.3 is 0 Å². The van der Waals surface area contributed by atoms with Crippen molar-refractivity contribution in [3.63, 3.8) is 0 Å². The molecule has 0 spiro atoms. The second kappa shape index (κ2) is 2.37. The van der Waals surface area contributed by atoms with Gasteiger partial charge in [0.2, 0.25) is 0 Å². The first-order valence-corrected chi connectivity index (χ1v) is 2.97. The van der Waals surface area contributed by atoms with E-state index in [2.05, 4.69) is 16.9 Å². The fourth-order valence-corrected chi connectivity index (χ4v) is 0.946. The van der Waals surface area contributed by atoms with Crippen LogP contribution >= 0.6 is 0 Å². The summed E-state index contributed by atoms with van der Waals surface area (Å²) in [7, 11) is 1.93. The molecular weight excluding hydrogens is 114 g/mol. The largest absolute Gasteiger partial charge is 0.311 e. The Kier molecular flexibility index (Phi) is 1.73. The van der Waals surface area contributed by atoms with Gasteiger partial charge in [0.05, 0.1) is 6.04 Å². The van der Waals surface area contributed by atoms with E-state index in [0.29, 0.717) is 0 Å². The zero-order valence-corrected chi connectivity index (χ0v) is 6.02. The summed E-state index contributed by atoms with van der Waals surface area (Å²) < 4.78 is 0. The zero-order valence-electron chi connectivity index (χ0n) is 6.02. The lowest BCUT2D eigenvalue weighted by Gasteiger charge is -2.27. The SMILES string of the molecule is C[C]1C=C(C)NN(C)N1. The topological polar surface area (TPSA) is 27.3 Å². The van der Waals surface area contributed by atoms with Crippen LogP contribution in [0.4, 0.5) is 0 Å². The van der Waals surface area contributed by atoms with E-state index in [4.69, 9.17) is 0 Å². The molecule has 9 heavy (non-hydrogen) atoms. The van der Waals surface area contributed by atoms with Crippen molar-refractivity contribution in [3.05, 3.63) is 17.8 Å². The lowest BCUT2D eigenvalue weighted by atomic mass is 10.3. The molecule has 1 heterocycles. The molecule has 0 atom stereocenters. The quantitative estimate of drug-likeness (QED) is 0.492. The first-order chi connectivity index (χ1) is 4.18. The van der Waals surface area contributed by atoms with Crippen LogP contribution in [-0.4, -0.2) is 12.2 Å². The molecule has 0 saturated heterocycles. The summed E-state index contributed by atoms with van der Waals surface area (Å²) in [6.07, 6.45) is 2.06. The highest BCUT2D eigenvalue weighted by atomic mass is 15.7. The monoisotopic (exact) mass is 126 g/mol. The Morgan fingerprint density at radius 2 is 2.00 bits per heavy atom. The lowest BCUT2D eigenvalue weighted by Crippen LogP contribution is -2.48. The molecular formula is C6H12N3. The molecule has 0 aromatic rings. The smallest absolute Gasteiger partial charge is 0.0742 e. The predicted molar refractivity (Wildman–Crippen MR) is 36.7 cm³/mol. The van der Waals surface area contributed by atoms with Crippen molar-refractivity contribution in [2.45, 2.75) is 13.8 Å². The Labute approximate surface area is 55.7 Å². The summed E-state index contributed by atoms with van der Waals surface area (Å²) in [5, 5.41) is 1.82. The molecule has 0 bridgehead atoms. The van der Waals surface area contributed by atoms with Gasteiger partial charge in [-0.3, -0.25) is 0 Å². The molecule has 0 aliphatic carbocycles. The van der Waals surface area contributed by atoms with E-state index in [0.717, 1.165) is 11.7 Å². The second-order valence-corrected chi connectivity index (χ2v) is 2.29. The summed E-state index contributed by atoms with van der Waals surface area (Å²) in [6, 6.07) is 1.16. The molecule has 1 aliphatic rings. The van der Waals surface area contributed by atoms with E-state index in [1.807, 2.05) is 26.0 Å². The van der Waals surface area contributed by atoms with E-state index < -0.39 is 0 Å². The minimum atomic E-state index is 1.16. The van der Waals surface area contributed by atoms with E-state index in [1.54, 1.807) is 0 Å². The lowest BCUT2D eigenvalue weighted by molar-refractivity contribution is 0.176. The van der Waals surface area contributed by atoms with Gasteiger partial charge in [-0.1, -0.05) is 0 Å². The summed E-state index contributed by atoms with van der Waals surface area (Å²) >= 11 is 0. The molecule has 0 fully saturated rings. The Hall–Kier alpha value is -0.540. The van der Waals surface area contributed by atoms with Crippen molar-refractivity contribution >= 4 is 0 Å². The Bertz CT molecular complexity index is 130. The van der Waals surface area contributed by atoms with Crippen molar-refractivity contribution in [2.24, 2.45) is 0 Å². The Morgan fingerprint density at radius 3 is 2.44 bits per heavy atom. The van der Waals surface area contributed by atoms with Crippen molar-refractivity contribution in [1.29, 1.82) is 0 Å². The van der Waals surface area contributed by atoms with E-state index in [9.17, 15) is 0 Å². The molecule has 51 valence electrons. The molecule has 2 N–H and O–H groups in total. The number of rotatable bonds is 0. The minimum Gasteiger partial charge on any atom is -0.311 e. The third kappa shape index (κ3) is 1.69. The van der Waals surface area contributed by atoms with Crippen LogP contribution in [0.2, 0.25) is 0 Å². The number of hydrogen-bond acceptors (Lipinski definition) is 3. The van der Waals surface area contributed by atoms with E-state index in [-0.39, 0.29) is 0 Å². The molecule has 0 saturated carbocycles. The first-order valence-electron chi connectivity index (χ1n) is 2.97.